The molecule has 1 aromatic rings. The highest BCUT2D eigenvalue weighted by molar-refractivity contribution is 6.31. The van der Waals surface area contributed by atoms with Crippen LogP contribution in [0, 0.1) is 0 Å². The molecular weight excluding hydrogens is 350 g/mol. The second-order valence-corrected chi connectivity index (χ2v) is 6.94. The van der Waals surface area contributed by atoms with E-state index in [0.717, 1.165) is 62.4 Å². The van der Waals surface area contributed by atoms with Crippen LogP contribution in [0.4, 0.5) is 0 Å². The van der Waals surface area contributed by atoms with Crippen LogP contribution in [0.15, 0.2) is 29.3 Å². The number of nitrogens with one attached hydrogen (secondary N) is 1. The first kappa shape index (κ1) is 20.5. The average molecular weight is 380 g/mol. The molecule has 1 fully saturated rings. The zero-order chi connectivity index (χ0) is 18.9. The lowest BCUT2D eigenvalue weighted by Crippen LogP contribution is -2.48. The molecule has 1 aromatic carbocycles. The smallest absolute Gasteiger partial charge is 0.219 e. The SMILES string of the molecule is CCNC(=NCCN1CCN(C(C)=O)CC1)N(C)Cc1ccccc1Cl. The first-order chi connectivity index (χ1) is 12.5. The molecule has 7 heteroatoms. The summed E-state index contributed by atoms with van der Waals surface area (Å²) in [5.74, 6) is 1.05. The van der Waals surface area contributed by atoms with Gasteiger partial charge in [0.25, 0.3) is 0 Å². The van der Waals surface area contributed by atoms with Crippen LogP contribution in [0.3, 0.4) is 0 Å². The van der Waals surface area contributed by atoms with E-state index in [-0.39, 0.29) is 5.91 Å². The molecule has 1 heterocycles. The molecule has 0 saturated carbocycles. The molecule has 0 spiro atoms. The molecule has 1 aliphatic rings. The van der Waals surface area contributed by atoms with Gasteiger partial charge in [-0.05, 0) is 18.6 Å². The van der Waals surface area contributed by atoms with Crippen molar-refractivity contribution in [3.8, 4) is 0 Å². The minimum atomic E-state index is 0.165. The summed E-state index contributed by atoms with van der Waals surface area (Å²) in [4.78, 5) is 22.5. The summed E-state index contributed by atoms with van der Waals surface area (Å²) in [6.45, 7) is 10.3. The Morgan fingerprint density at radius 3 is 2.58 bits per heavy atom. The number of nitrogens with zero attached hydrogens (tertiary/aromatic N) is 4. The van der Waals surface area contributed by atoms with Crippen LogP contribution in [0.1, 0.15) is 19.4 Å². The highest BCUT2D eigenvalue weighted by atomic mass is 35.5. The van der Waals surface area contributed by atoms with Gasteiger partial charge in [0.15, 0.2) is 5.96 Å². The topological polar surface area (TPSA) is 51.2 Å². The maximum absolute atomic E-state index is 11.4. The van der Waals surface area contributed by atoms with Gasteiger partial charge >= 0.3 is 0 Å². The van der Waals surface area contributed by atoms with Crippen LogP contribution in [0.25, 0.3) is 0 Å². The second-order valence-electron chi connectivity index (χ2n) is 6.53. The summed E-state index contributed by atoms with van der Waals surface area (Å²) in [5.41, 5.74) is 1.09. The Labute approximate surface area is 161 Å². The Morgan fingerprint density at radius 2 is 1.96 bits per heavy atom. The van der Waals surface area contributed by atoms with E-state index in [4.69, 9.17) is 16.6 Å². The Morgan fingerprint density at radius 1 is 1.27 bits per heavy atom. The van der Waals surface area contributed by atoms with Gasteiger partial charge in [0, 0.05) is 64.8 Å². The van der Waals surface area contributed by atoms with Crippen LogP contribution in [-0.2, 0) is 11.3 Å². The molecule has 1 saturated heterocycles. The number of guanidine groups is 1. The van der Waals surface area contributed by atoms with E-state index in [1.807, 2.05) is 36.2 Å². The molecule has 6 nitrogen and oxygen atoms in total. The fourth-order valence-electron chi connectivity index (χ4n) is 3.01. The van der Waals surface area contributed by atoms with Crippen molar-refractivity contribution in [3.05, 3.63) is 34.9 Å². The van der Waals surface area contributed by atoms with Gasteiger partial charge in [-0.25, -0.2) is 0 Å². The molecule has 0 aromatic heterocycles. The number of hydrogen-bond acceptors (Lipinski definition) is 3. The fourth-order valence-corrected chi connectivity index (χ4v) is 3.21. The first-order valence-corrected chi connectivity index (χ1v) is 9.59. The van der Waals surface area contributed by atoms with Gasteiger partial charge in [0.05, 0.1) is 6.54 Å². The molecule has 1 aliphatic heterocycles. The number of halogens is 1. The summed E-state index contributed by atoms with van der Waals surface area (Å²) >= 11 is 6.27. The Kier molecular flexibility index (Phi) is 8.19. The molecule has 144 valence electrons. The van der Waals surface area contributed by atoms with Crippen LogP contribution >= 0.6 is 11.6 Å². The molecule has 0 unspecified atom stereocenters. The molecule has 26 heavy (non-hydrogen) atoms. The van der Waals surface area contributed by atoms with Crippen molar-refractivity contribution in [3.63, 3.8) is 0 Å². The molecule has 0 radical (unpaired) electrons. The van der Waals surface area contributed by atoms with E-state index >= 15 is 0 Å². The molecule has 0 aliphatic carbocycles. The van der Waals surface area contributed by atoms with E-state index in [2.05, 4.69) is 22.0 Å². The van der Waals surface area contributed by atoms with Crippen molar-refractivity contribution in [2.24, 2.45) is 4.99 Å². The van der Waals surface area contributed by atoms with Gasteiger partial charge in [-0.15, -0.1) is 0 Å². The van der Waals surface area contributed by atoms with E-state index in [9.17, 15) is 4.79 Å². The highest BCUT2D eigenvalue weighted by Crippen LogP contribution is 2.16. The van der Waals surface area contributed by atoms with Crippen LogP contribution in [-0.4, -0.2) is 79.4 Å². The van der Waals surface area contributed by atoms with E-state index in [0.29, 0.717) is 6.54 Å². The van der Waals surface area contributed by atoms with Crippen LogP contribution in [0.2, 0.25) is 5.02 Å². The number of hydrogen-bond donors (Lipinski definition) is 1. The molecule has 2 rings (SSSR count). The number of carbonyl (C=O) groups is 1. The number of rotatable bonds is 6. The Bertz CT molecular complexity index is 614. The van der Waals surface area contributed by atoms with Crippen LogP contribution < -0.4 is 5.32 Å². The molecule has 0 bridgehead atoms. The molecule has 1 N–H and O–H groups in total. The van der Waals surface area contributed by atoms with Gasteiger partial charge in [0.2, 0.25) is 5.91 Å². The maximum atomic E-state index is 11.4. The number of piperazine rings is 1. The summed E-state index contributed by atoms with van der Waals surface area (Å²) < 4.78 is 0. The Hall–Kier alpha value is -1.79. The normalized spacial score (nSPS) is 15.8. The number of amides is 1. The maximum Gasteiger partial charge on any atom is 0.219 e. The third kappa shape index (κ3) is 6.18. The van der Waals surface area contributed by atoms with Crippen molar-refractivity contribution < 1.29 is 4.79 Å². The van der Waals surface area contributed by atoms with Crippen LogP contribution in [0.5, 0.6) is 0 Å². The summed E-state index contributed by atoms with van der Waals surface area (Å²) in [6, 6.07) is 7.89. The fraction of sp³-hybridized carbons (Fsp3) is 0.579. The summed E-state index contributed by atoms with van der Waals surface area (Å²) in [6.07, 6.45) is 0. The second kappa shape index (κ2) is 10.4. The third-order valence-corrected chi connectivity index (χ3v) is 4.93. The predicted molar refractivity (Wildman–Crippen MR) is 108 cm³/mol. The van der Waals surface area contributed by atoms with E-state index in [1.165, 1.54) is 0 Å². The number of aliphatic imine (C=N–C) groups is 1. The van der Waals surface area contributed by atoms with Gasteiger partial charge in [-0.1, -0.05) is 29.8 Å². The highest BCUT2D eigenvalue weighted by Gasteiger charge is 2.18. The zero-order valence-electron chi connectivity index (χ0n) is 16.0. The van der Waals surface area contributed by atoms with Gasteiger partial charge < -0.3 is 15.1 Å². The zero-order valence-corrected chi connectivity index (χ0v) is 16.8. The summed E-state index contributed by atoms with van der Waals surface area (Å²) in [5, 5.41) is 4.12. The number of benzene rings is 1. The van der Waals surface area contributed by atoms with Gasteiger partial charge in [-0.2, -0.15) is 0 Å². The largest absolute Gasteiger partial charge is 0.357 e. The predicted octanol–water partition coefficient (Wildman–Crippen LogP) is 1.90. The average Bonchev–Trinajstić information content (AvgIpc) is 2.63. The van der Waals surface area contributed by atoms with E-state index in [1.54, 1.807) is 6.92 Å². The van der Waals surface area contributed by atoms with Crippen molar-refractivity contribution in [2.75, 3.05) is 52.9 Å². The first-order valence-electron chi connectivity index (χ1n) is 9.22. The molecular formula is C19H30ClN5O. The molecule has 0 atom stereocenters. The minimum Gasteiger partial charge on any atom is -0.357 e. The number of carbonyl (C=O) groups excluding carboxylic acids is 1. The minimum absolute atomic E-state index is 0.165. The van der Waals surface area contributed by atoms with Gasteiger partial charge in [-0.3, -0.25) is 14.7 Å². The molecule has 1 amide bonds. The van der Waals surface area contributed by atoms with Crippen molar-refractivity contribution in [1.82, 2.24) is 20.0 Å². The third-order valence-electron chi connectivity index (χ3n) is 4.56. The monoisotopic (exact) mass is 379 g/mol. The standard InChI is InChI=1S/C19H30ClN5O/c1-4-21-19(23(3)15-17-7-5-6-8-18(17)20)22-9-10-24-11-13-25(14-12-24)16(2)26/h5-8H,4,9-15H2,1-3H3,(H,21,22). The Balaban J connectivity index is 1.86. The van der Waals surface area contributed by atoms with Crippen molar-refractivity contribution in [2.45, 2.75) is 20.4 Å². The lowest BCUT2D eigenvalue weighted by Gasteiger charge is -2.33. The van der Waals surface area contributed by atoms with E-state index < -0.39 is 0 Å². The summed E-state index contributed by atoms with van der Waals surface area (Å²) in [7, 11) is 2.02. The quantitative estimate of drug-likeness (QED) is 0.606. The van der Waals surface area contributed by atoms with Crippen molar-refractivity contribution in [1.29, 1.82) is 0 Å². The van der Waals surface area contributed by atoms with Crippen molar-refractivity contribution >= 4 is 23.5 Å². The lowest BCUT2D eigenvalue weighted by atomic mass is 10.2. The van der Waals surface area contributed by atoms with Gasteiger partial charge in [0.1, 0.15) is 0 Å². The lowest BCUT2D eigenvalue weighted by molar-refractivity contribution is -0.130.